The Morgan fingerprint density at radius 3 is 1.37 bits per heavy atom. The summed E-state index contributed by atoms with van der Waals surface area (Å²) in [6.07, 6.45) is 7.29. The molecule has 0 N–H and O–H groups in total. The molecule has 0 rings (SSSR count). The van der Waals surface area contributed by atoms with Crippen LogP contribution in [-0.4, -0.2) is 70.0 Å². The van der Waals surface area contributed by atoms with Crippen molar-refractivity contribution in [3.63, 3.8) is 0 Å². The third kappa shape index (κ3) is 13.3. The SMILES string of the molecule is CCO[Si](CCC=NCCCCCC[Si](OCC)(OCC)OCC)(OCC)OCC. The fourth-order valence-electron chi connectivity index (χ4n) is 3.32. The summed E-state index contributed by atoms with van der Waals surface area (Å²) in [7, 11) is -5.03. The molecule has 7 nitrogen and oxygen atoms in total. The van der Waals surface area contributed by atoms with Crippen molar-refractivity contribution in [2.45, 2.75) is 85.7 Å². The smallest absolute Gasteiger partial charge is 0.374 e. The highest BCUT2D eigenvalue weighted by atomic mass is 28.4. The Kier molecular flexibility index (Phi) is 19.5. The Morgan fingerprint density at radius 2 is 0.933 bits per heavy atom. The van der Waals surface area contributed by atoms with Crippen molar-refractivity contribution < 1.29 is 26.6 Å². The van der Waals surface area contributed by atoms with Gasteiger partial charge in [0.15, 0.2) is 0 Å². The standard InChI is InChI=1S/C21H47NO6Si2/c1-7-23-29(24-8-2,25-9-3)20-16-14-13-15-18-22-19-17-21-30(26-10-4,27-11-5)28-12-6/h19H,7-18,20-21H2,1-6H3. The first-order valence-electron chi connectivity index (χ1n) is 11.9. The lowest BCUT2D eigenvalue weighted by Gasteiger charge is -2.28. The zero-order valence-corrected chi connectivity index (χ0v) is 22.4. The molecule has 0 aliphatic rings. The Hall–Kier alpha value is -0.136. The van der Waals surface area contributed by atoms with E-state index in [2.05, 4.69) is 4.99 Å². The summed E-state index contributed by atoms with van der Waals surface area (Å²) in [4.78, 5) is 4.55. The van der Waals surface area contributed by atoms with Crippen LogP contribution in [0.15, 0.2) is 4.99 Å². The molecular formula is C21H47NO6Si2. The lowest BCUT2D eigenvalue weighted by Crippen LogP contribution is -2.46. The zero-order chi connectivity index (χ0) is 22.6. The molecule has 0 aliphatic heterocycles. The second kappa shape index (κ2) is 19.5. The van der Waals surface area contributed by atoms with Gasteiger partial charge in [-0.2, -0.15) is 0 Å². The van der Waals surface area contributed by atoms with Crippen LogP contribution < -0.4 is 0 Å². The molecule has 0 bridgehead atoms. The summed E-state index contributed by atoms with van der Waals surface area (Å²) in [5.74, 6) is 0. The summed E-state index contributed by atoms with van der Waals surface area (Å²) in [6, 6.07) is 1.68. The van der Waals surface area contributed by atoms with E-state index in [4.69, 9.17) is 26.6 Å². The molecule has 0 heterocycles. The van der Waals surface area contributed by atoms with Gasteiger partial charge in [0.05, 0.1) is 0 Å². The summed E-state index contributed by atoms with van der Waals surface area (Å²) in [6.45, 7) is 16.6. The minimum absolute atomic E-state index is 0.614. The van der Waals surface area contributed by atoms with Crippen molar-refractivity contribution in [1.82, 2.24) is 0 Å². The molecule has 0 amide bonds. The molecule has 0 aromatic heterocycles. The van der Waals surface area contributed by atoms with E-state index >= 15 is 0 Å². The van der Waals surface area contributed by atoms with Gasteiger partial charge in [0, 0.05) is 58.3 Å². The number of hydrogen-bond acceptors (Lipinski definition) is 7. The van der Waals surface area contributed by atoms with Crippen molar-refractivity contribution in [2.24, 2.45) is 4.99 Å². The first-order chi connectivity index (χ1) is 14.6. The molecule has 0 saturated carbocycles. The highest BCUT2D eigenvalue weighted by Gasteiger charge is 2.40. The largest absolute Gasteiger partial charge is 0.501 e. The fourth-order valence-corrected chi connectivity index (χ4v) is 8.50. The van der Waals surface area contributed by atoms with Crippen LogP contribution in [0.5, 0.6) is 0 Å². The monoisotopic (exact) mass is 465 g/mol. The molecule has 0 fully saturated rings. The van der Waals surface area contributed by atoms with Crippen LogP contribution in [0.3, 0.4) is 0 Å². The third-order valence-electron chi connectivity index (χ3n) is 4.41. The van der Waals surface area contributed by atoms with E-state index in [9.17, 15) is 0 Å². The molecule has 0 aromatic rings. The number of hydrogen-bond donors (Lipinski definition) is 0. The molecule has 0 aromatic carbocycles. The van der Waals surface area contributed by atoms with E-state index in [1.807, 2.05) is 47.8 Å². The number of aliphatic imine (C=N–C) groups is 1. The molecule has 0 spiro atoms. The van der Waals surface area contributed by atoms with Crippen LogP contribution in [-0.2, 0) is 26.6 Å². The average Bonchev–Trinajstić information content (AvgIpc) is 2.70. The Balaban J connectivity index is 4.12. The van der Waals surface area contributed by atoms with Gasteiger partial charge >= 0.3 is 17.6 Å². The Morgan fingerprint density at radius 1 is 0.533 bits per heavy atom. The second-order valence-corrected chi connectivity index (χ2v) is 12.2. The lowest BCUT2D eigenvalue weighted by atomic mass is 10.2. The summed E-state index contributed by atoms with van der Waals surface area (Å²) < 4.78 is 35.3. The van der Waals surface area contributed by atoms with Gasteiger partial charge in [0.1, 0.15) is 0 Å². The molecular weight excluding hydrogens is 418 g/mol. The predicted octanol–water partition coefficient (Wildman–Crippen LogP) is 5.10. The molecule has 0 unspecified atom stereocenters. The van der Waals surface area contributed by atoms with Gasteiger partial charge in [-0.15, -0.1) is 0 Å². The van der Waals surface area contributed by atoms with E-state index in [1.54, 1.807) is 0 Å². The topological polar surface area (TPSA) is 67.7 Å². The van der Waals surface area contributed by atoms with Gasteiger partial charge in [0.25, 0.3) is 0 Å². The second-order valence-electron chi connectivity index (χ2n) is 6.76. The van der Waals surface area contributed by atoms with Gasteiger partial charge < -0.3 is 26.6 Å². The van der Waals surface area contributed by atoms with Crippen LogP contribution in [0.25, 0.3) is 0 Å². The maximum absolute atomic E-state index is 5.91. The number of nitrogens with zero attached hydrogens (tertiary/aromatic N) is 1. The van der Waals surface area contributed by atoms with E-state index in [0.717, 1.165) is 50.7 Å². The van der Waals surface area contributed by atoms with Gasteiger partial charge in [-0.05, 0) is 67.0 Å². The summed E-state index contributed by atoms with van der Waals surface area (Å²) in [5.41, 5.74) is 0. The minimum atomic E-state index is -2.54. The lowest BCUT2D eigenvalue weighted by molar-refractivity contribution is 0.0702. The van der Waals surface area contributed by atoms with Crippen molar-refractivity contribution >= 4 is 23.8 Å². The molecule has 0 saturated heterocycles. The maximum Gasteiger partial charge on any atom is 0.501 e. The van der Waals surface area contributed by atoms with E-state index in [-0.39, 0.29) is 0 Å². The van der Waals surface area contributed by atoms with Crippen LogP contribution in [0.1, 0.15) is 73.6 Å². The van der Waals surface area contributed by atoms with E-state index in [1.165, 1.54) is 0 Å². The molecule has 0 radical (unpaired) electrons. The maximum atomic E-state index is 5.91. The first kappa shape index (κ1) is 29.9. The fraction of sp³-hybridized carbons (Fsp3) is 0.952. The van der Waals surface area contributed by atoms with Crippen LogP contribution in [0, 0.1) is 0 Å². The van der Waals surface area contributed by atoms with Crippen LogP contribution in [0.4, 0.5) is 0 Å². The number of rotatable bonds is 22. The highest BCUT2D eigenvalue weighted by molar-refractivity contribution is 6.61. The molecule has 9 heteroatoms. The van der Waals surface area contributed by atoms with Crippen molar-refractivity contribution in [3.8, 4) is 0 Å². The number of unbranched alkanes of at least 4 members (excludes halogenated alkanes) is 3. The quantitative estimate of drug-likeness (QED) is 0.126. The Bertz CT molecular complexity index is 381. The van der Waals surface area contributed by atoms with E-state index < -0.39 is 17.6 Å². The molecule has 0 aliphatic carbocycles. The van der Waals surface area contributed by atoms with Gasteiger partial charge in [-0.3, -0.25) is 4.99 Å². The molecule has 0 atom stereocenters. The van der Waals surface area contributed by atoms with Crippen molar-refractivity contribution in [3.05, 3.63) is 0 Å². The predicted molar refractivity (Wildman–Crippen MR) is 127 cm³/mol. The molecule has 30 heavy (non-hydrogen) atoms. The van der Waals surface area contributed by atoms with Gasteiger partial charge in [-0.1, -0.05) is 12.8 Å². The molecule has 180 valence electrons. The Labute approximate surface area is 187 Å². The van der Waals surface area contributed by atoms with Crippen LogP contribution >= 0.6 is 0 Å². The van der Waals surface area contributed by atoms with Crippen molar-refractivity contribution in [1.29, 1.82) is 0 Å². The normalized spacial score (nSPS) is 12.9. The van der Waals surface area contributed by atoms with Crippen molar-refractivity contribution in [2.75, 3.05) is 46.2 Å². The summed E-state index contributed by atoms with van der Waals surface area (Å²) in [5, 5.41) is 0. The van der Waals surface area contributed by atoms with Crippen LogP contribution in [0.2, 0.25) is 12.1 Å². The van der Waals surface area contributed by atoms with Gasteiger partial charge in [0.2, 0.25) is 0 Å². The zero-order valence-electron chi connectivity index (χ0n) is 20.4. The van der Waals surface area contributed by atoms with Gasteiger partial charge in [-0.25, -0.2) is 0 Å². The average molecular weight is 466 g/mol. The third-order valence-corrected chi connectivity index (χ3v) is 10.7. The highest BCUT2D eigenvalue weighted by Crippen LogP contribution is 2.20. The summed E-state index contributed by atoms with van der Waals surface area (Å²) >= 11 is 0. The first-order valence-corrected chi connectivity index (χ1v) is 15.8. The minimum Gasteiger partial charge on any atom is -0.374 e. The van der Waals surface area contributed by atoms with E-state index in [0.29, 0.717) is 39.6 Å².